The van der Waals surface area contributed by atoms with Crippen molar-refractivity contribution >= 4 is 11.3 Å². The van der Waals surface area contributed by atoms with E-state index in [0.29, 0.717) is 28.9 Å². The fourth-order valence-corrected chi connectivity index (χ4v) is 2.57. The van der Waals surface area contributed by atoms with Gasteiger partial charge >= 0.3 is 5.69 Å². The first-order chi connectivity index (χ1) is 11.5. The summed E-state index contributed by atoms with van der Waals surface area (Å²) in [5.41, 5.74) is 0.818. The number of nitrogens with zero attached hydrogens (tertiary/aromatic N) is 6. The van der Waals surface area contributed by atoms with Crippen molar-refractivity contribution in [2.45, 2.75) is 13.5 Å². The van der Waals surface area contributed by atoms with Gasteiger partial charge in [0.1, 0.15) is 12.3 Å². The molecule has 0 aliphatic rings. The summed E-state index contributed by atoms with van der Waals surface area (Å²) in [4.78, 5) is 16.1. The van der Waals surface area contributed by atoms with Crippen LogP contribution in [0.25, 0.3) is 5.69 Å². The number of hydrogen-bond acceptors (Lipinski definition) is 7. The van der Waals surface area contributed by atoms with Crippen molar-refractivity contribution < 1.29 is 10.8 Å². The average molecular weight is 338 g/mol. The highest BCUT2D eigenvalue weighted by Crippen LogP contribution is 2.28. The molecule has 0 unspecified atom stereocenters. The third kappa shape index (κ3) is 2.84. The van der Waals surface area contributed by atoms with Gasteiger partial charge in [-0.2, -0.15) is 9.36 Å². The first-order valence-electron chi connectivity index (χ1n) is 7.36. The SMILES string of the molecule is [3H]c1csc(OCc2c(-n3nnn(C)c3=O)cn(C)c2OCC)n1. The Kier molecular flexibility index (Phi) is 3.80. The Hall–Kier alpha value is -2.62. The number of hydrogen-bond donors (Lipinski definition) is 0. The Morgan fingerprint density at radius 2 is 2.17 bits per heavy atom. The van der Waals surface area contributed by atoms with E-state index in [1.54, 1.807) is 16.1 Å². The van der Waals surface area contributed by atoms with E-state index < -0.39 is 0 Å². The highest BCUT2D eigenvalue weighted by Gasteiger charge is 2.21. The van der Waals surface area contributed by atoms with Gasteiger partial charge in [0.25, 0.3) is 5.19 Å². The summed E-state index contributed by atoms with van der Waals surface area (Å²) >= 11 is 1.23. The van der Waals surface area contributed by atoms with Crippen LogP contribution in [-0.2, 0) is 20.7 Å². The Balaban J connectivity index is 2.00. The van der Waals surface area contributed by atoms with Gasteiger partial charge in [0.15, 0.2) is 0 Å². The molecule has 0 bridgehead atoms. The van der Waals surface area contributed by atoms with Gasteiger partial charge in [-0.15, -0.1) is 0 Å². The Morgan fingerprint density at radius 3 is 2.78 bits per heavy atom. The van der Waals surface area contributed by atoms with Crippen LogP contribution in [0.2, 0.25) is 0 Å². The van der Waals surface area contributed by atoms with Crippen molar-refractivity contribution in [3.63, 3.8) is 0 Å². The summed E-state index contributed by atoms with van der Waals surface area (Å²) in [5, 5.41) is 9.56. The van der Waals surface area contributed by atoms with E-state index in [4.69, 9.17) is 10.8 Å². The smallest absolute Gasteiger partial charge is 0.368 e. The van der Waals surface area contributed by atoms with Crippen LogP contribution in [0.15, 0.2) is 22.5 Å². The van der Waals surface area contributed by atoms with Crippen LogP contribution in [0, 0.1) is 0 Å². The molecule has 3 rings (SSSR count). The summed E-state index contributed by atoms with van der Waals surface area (Å²) in [6.07, 6.45) is 1.89. The molecule has 0 saturated carbocycles. The van der Waals surface area contributed by atoms with Crippen molar-refractivity contribution in [3.8, 4) is 16.8 Å². The molecule has 0 N–H and O–H groups in total. The normalized spacial score (nSPS) is 11.5. The van der Waals surface area contributed by atoms with Crippen molar-refractivity contribution in [1.82, 2.24) is 29.3 Å². The highest BCUT2D eigenvalue weighted by atomic mass is 32.1. The molecular weight excluding hydrogens is 320 g/mol. The maximum atomic E-state index is 12.2. The molecule has 0 fully saturated rings. The molecule has 23 heavy (non-hydrogen) atoms. The topological polar surface area (TPSA) is 89.0 Å². The summed E-state index contributed by atoms with van der Waals surface area (Å²) in [6.45, 7) is 2.47. The van der Waals surface area contributed by atoms with Crippen LogP contribution >= 0.6 is 11.3 Å². The first kappa shape index (κ1) is 14.0. The van der Waals surface area contributed by atoms with Gasteiger partial charge in [0, 0.05) is 31.8 Å². The Labute approximate surface area is 137 Å². The van der Waals surface area contributed by atoms with Crippen LogP contribution in [0.1, 0.15) is 13.9 Å². The molecule has 0 saturated heterocycles. The third-order valence-corrected chi connectivity index (χ3v) is 3.78. The predicted molar refractivity (Wildman–Crippen MR) is 83.2 cm³/mol. The molecule has 10 heteroatoms. The standard InChI is InChI=1S/C13H16N6O3S/c1-4-21-11-9(8-22-12-14-5-6-23-12)10(7-17(11)2)19-13(20)18(3)15-16-19/h5-7H,4,8H2,1-3H3/i5T. The van der Waals surface area contributed by atoms with Gasteiger partial charge in [-0.05, 0) is 17.4 Å². The molecule has 122 valence electrons. The number of aromatic nitrogens is 6. The molecule has 0 amide bonds. The zero-order valence-electron chi connectivity index (χ0n) is 13.9. The molecule has 9 nitrogen and oxygen atoms in total. The molecule has 0 radical (unpaired) electrons. The number of ether oxygens (including phenoxy) is 2. The van der Waals surface area contributed by atoms with E-state index in [1.165, 1.54) is 23.1 Å². The number of thiazole rings is 1. The molecule has 3 aromatic heterocycles. The van der Waals surface area contributed by atoms with Crippen LogP contribution < -0.4 is 15.2 Å². The van der Waals surface area contributed by atoms with Crippen LogP contribution in [0.3, 0.4) is 0 Å². The Bertz CT molecular complexity index is 911. The van der Waals surface area contributed by atoms with Gasteiger partial charge < -0.3 is 14.0 Å². The molecule has 0 aliphatic heterocycles. The van der Waals surface area contributed by atoms with Crippen molar-refractivity contribution in [2.75, 3.05) is 6.61 Å². The van der Waals surface area contributed by atoms with Gasteiger partial charge in [-0.3, -0.25) is 0 Å². The summed E-state index contributed by atoms with van der Waals surface area (Å²) in [6, 6.07) is 0. The fourth-order valence-electron chi connectivity index (χ4n) is 2.13. The maximum absolute atomic E-state index is 12.2. The molecule has 0 atom stereocenters. The summed E-state index contributed by atoms with van der Waals surface area (Å²) < 4.78 is 22.9. The largest absolute Gasteiger partial charge is 0.479 e. The lowest BCUT2D eigenvalue weighted by molar-refractivity contribution is 0.276. The van der Waals surface area contributed by atoms with Crippen LogP contribution in [0.4, 0.5) is 0 Å². The van der Waals surface area contributed by atoms with E-state index in [1.807, 2.05) is 14.0 Å². The lowest BCUT2D eigenvalue weighted by Gasteiger charge is -2.09. The lowest BCUT2D eigenvalue weighted by atomic mass is 10.3. The minimum Gasteiger partial charge on any atom is -0.479 e. The maximum Gasteiger partial charge on any atom is 0.368 e. The van der Waals surface area contributed by atoms with Gasteiger partial charge in [0.05, 0.1) is 13.5 Å². The molecule has 0 spiro atoms. The summed E-state index contributed by atoms with van der Waals surface area (Å²) in [5.74, 6) is 0.577. The highest BCUT2D eigenvalue weighted by molar-refractivity contribution is 7.11. The van der Waals surface area contributed by atoms with Crippen LogP contribution in [-0.4, -0.2) is 35.9 Å². The van der Waals surface area contributed by atoms with E-state index in [2.05, 4.69) is 15.4 Å². The zero-order valence-corrected chi connectivity index (χ0v) is 13.7. The average Bonchev–Trinajstić information content (AvgIpc) is 3.19. The van der Waals surface area contributed by atoms with Crippen molar-refractivity contribution in [1.29, 1.82) is 0 Å². The molecular formula is C13H16N6O3S. The molecule has 0 aliphatic carbocycles. The van der Waals surface area contributed by atoms with Gasteiger partial charge in [-0.1, -0.05) is 11.3 Å². The number of tetrazole rings is 1. The zero-order chi connectivity index (χ0) is 17.3. The quantitative estimate of drug-likeness (QED) is 0.658. The molecule has 3 heterocycles. The second kappa shape index (κ2) is 6.24. The minimum absolute atomic E-state index is 0.126. The predicted octanol–water partition coefficient (Wildman–Crippen LogP) is 0.739. The van der Waals surface area contributed by atoms with E-state index >= 15 is 0 Å². The monoisotopic (exact) mass is 338 g/mol. The molecule has 0 aromatic carbocycles. The fraction of sp³-hybridized carbons (Fsp3) is 0.385. The second-order valence-corrected chi connectivity index (χ2v) is 5.49. The van der Waals surface area contributed by atoms with Crippen molar-refractivity contribution in [2.24, 2.45) is 14.1 Å². The van der Waals surface area contributed by atoms with E-state index in [0.717, 1.165) is 4.68 Å². The third-order valence-electron chi connectivity index (χ3n) is 3.14. The first-order valence-corrected chi connectivity index (χ1v) is 7.74. The van der Waals surface area contributed by atoms with Gasteiger partial charge in [0.2, 0.25) is 5.88 Å². The van der Waals surface area contributed by atoms with Crippen LogP contribution in [0.5, 0.6) is 11.1 Å². The Morgan fingerprint density at radius 1 is 1.35 bits per heavy atom. The van der Waals surface area contributed by atoms with E-state index in [-0.39, 0.29) is 18.5 Å². The molecule has 3 aromatic rings. The number of aryl methyl sites for hydroxylation is 2. The second-order valence-electron chi connectivity index (χ2n) is 4.67. The summed E-state index contributed by atoms with van der Waals surface area (Å²) in [7, 11) is 3.34. The lowest BCUT2D eigenvalue weighted by Crippen LogP contribution is -2.22. The number of rotatable bonds is 6. The van der Waals surface area contributed by atoms with E-state index in [9.17, 15) is 4.79 Å². The van der Waals surface area contributed by atoms with Crippen molar-refractivity contribution in [3.05, 3.63) is 33.8 Å². The minimum atomic E-state index is -0.368. The van der Waals surface area contributed by atoms with Gasteiger partial charge in [-0.25, -0.2) is 9.78 Å².